The van der Waals surface area contributed by atoms with Gasteiger partial charge >= 0.3 is 23.9 Å². The summed E-state index contributed by atoms with van der Waals surface area (Å²) >= 11 is 0. The lowest BCUT2D eigenvalue weighted by Crippen LogP contribution is -2.14. The first-order valence-corrected chi connectivity index (χ1v) is 25.1. The van der Waals surface area contributed by atoms with Crippen molar-refractivity contribution in [2.24, 2.45) is 0 Å². The first kappa shape index (κ1) is 57.7. The summed E-state index contributed by atoms with van der Waals surface area (Å²) in [7, 11) is 0. The van der Waals surface area contributed by atoms with Crippen molar-refractivity contribution < 1.29 is 60.8 Å². The minimum Gasteiger partial charge on any atom is -0.494 e. The van der Waals surface area contributed by atoms with E-state index in [0.29, 0.717) is 55.1 Å². The van der Waals surface area contributed by atoms with E-state index in [9.17, 15) is 32.3 Å². The lowest BCUT2D eigenvalue weighted by molar-refractivity contribution is -0.139. The third kappa shape index (κ3) is 24.5. The van der Waals surface area contributed by atoms with E-state index in [1.165, 1.54) is 113 Å². The number of esters is 4. The van der Waals surface area contributed by atoms with E-state index >= 15 is 0 Å². The number of carbonyl (C=O) groups is 4. The van der Waals surface area contributed by atoms with Crippen molar-refractivity contribution in [3.63, 3.8) is 0 Å². The van der Waals surface area contributed by atoms with Gasteiger partial charge in [0.15, 0.2) is 11.6 Å². The summed E-state index contributed by atoms with van der Waals surface area (Å²) in [5, 5.41) is 0. The first-order chi connectivity index (χ1) is 33.4. The zero-order valence-electron chi connectivity index (χ0n) is 41.1. The highest BCUT2D eigenvalue weighted by Crippen LogP contribution is 2.32. The van der Waals surface area contributed by atoms with Crippen molar-refractivity contribution in [2.45, 2.75) is 168 Å². The minimum atomic E-state index is -1.82. The number of benzene rings is 3. The summed E-state index contributed by atoms with van der Waals surface area (Å²) in [5.74, 6) is -8.97. The number of unbranched alkanes of at least 4 members (excludes halogenated alkanes) is 22. The molecule has 0 aliphatic heterocycles. The van der Waals surface area contributed by atoms with Gasteiger partial charge in [-0.25, -0.2) is 23.6 Å². The van der Waals surface area contributed by atoms with E-state index in [1.54, 1.807) is 26.0 Å². The van der Waals surface area contributed by atoms with Crippen LogP contribution in [0.1, 0.15) is 189 Å². The number of halogens is 3. The Morgan fingerprint density at radius 1 is 0.420 bits per heavy atom. The maximum Gasteiger partial charge on any atom is 0.343 e. The summed E-state index contributed by atoms with van der Waals surface area (Å²) in [6.45, 7) is 12.4. The second-order valence-electron chi connectivity index (χ2n) is 17.7. The summed E-state index contributed by atoms with van der Waals surface area (Å²) in [6, 6.07) is 12.2. The predicted octanol–water partition coefficient (Wildman–Crippen LogP) is 14.9. The van der Waals surface area contributed by atoms with E-state index in [0.717, 1.165) is 77.0 Å². The van der Waals surface area contributed by atoms with Crippen LogP contribution in [0.2, 0.25) is 0 Å². The molecule has 0 saturated heterocycles. The summed E-state index contributed by atoms with van der Waals surface area (Å²) < 4.78 is 76.6. The normalized spacial score (nSPS) is 10.9. The molecule has 0 aromatic heterocycles. The Bertz CT molecular complexity index is 2020. The fourth-order valence-corrected chi connectivity index (χ4v) is 7.31. The Morgan fingerprint density at radius 2 is 0.725 bits per heavy atom. The Hall–Kier alpha value is -5.59. The van der Waals surface area contributed by atoms with Crippen LogP contribution in [0.25, 0.3) is 0 Å². The van der Waals surface area contributed by atoms with Crippen LogP contribution < -0.4 is 18.9 Å². The topological polar surface area (TPSA) is 124 Å². The van der Waals surface area contributed by atoms with Gasteiger partial charge in [-0.1, -0.05) is 142 Å². The van der Waals surface area contributed by atoms with Gasteiger partial charge in [-0.3, -0.25) is 0 Å². The van der Waals surface area contributed by atoms with Crippen LogP contribution in [0.4, 0.5) is 13.2 Å². The Balaban J connectivity index is 1.23. The molecule has 0 unspecified atom stereocenters. The van der Waals surface area contributed by atoms with Crippen LogP contribution in [-0.4, -0.2) is 50.3 Å². The number of ether oxygens (including phenoxy) is 6. The molecule has 0 saturated carbocycles. The molecule has 3 rings (SSSR count). The second-order valence-corrected chi connectivity index (χ2v) is 17.7. The molecule has 0 atom stereocenters. The Morgan fingerprint density at radius 3 is 1.06 bits per heavy atom. The van der Waals surface area contributed by atoms with E-state index in [4.69, 9.17) is 28.4 Å². The van der Waals surface area contributed by atoms with Gasteiger partial charge in [-0.2, -0.15) is 8.78 Å². The zero-order chi connectivity index (χ0) is 50.1. The molecule has 0 bridgehead atoms. The molecule has 0 fully saturated rings. The molecule has 10 nitrogen and oxygen atoms in total. The number of carbonyl (C=O) groups excluding carboxylic acids is 4. The third-order valence-electron chi connectivity index (χ3n) is 11.4. The first-order valence-electron chi connectivity index (χ1n) is 25.1. The van der Waals surface area contributed by atoms with Crippen LogP contribution in [0, 0.1) is 17.5 Å². The molecule has 0 radical (unpaired) electrons. The van der Waals surface area contributed by atoms with Crippen molar-refractivity contribution in [3.8, 4) is 23.0 Å². The van der Waals surface area contributed by atoms with Gasteiger partial charge in [-0.05, 0) is 88.1 Å². The lowest BCUT2D eigenvalue weighted by Gasteiger charge is -2.12. The van der Waals surface area contributed by atoms with Crippen LogP contribution in [0.5, 0.6) is 23.0 Å². The van der Waals surface area contributed by atoms with E-state index in [-0.39, 0.29) is 23.1 Å². The second kappa shape index (κ2) is 34.7. The van der Waals surface area contributed by atoms with Crippen molar-refractivity contribution in [1.29, 1.82) is 0 Å². The van der Waals surface area contributed by atoms with Crippen molar-refractivity contribution in [2.75, 3.05) is 26.4 Å². The molecular weight excluding hydrogens is 890 g/mol. The molecule has 0 aliphatic carbocycles. The number of hydrogen-bond donors (Lipinski definition) is 0. The van der Waals surface area contributed by atoms with Crippen molar-refractivity contribution in [1.82, 2.24) is 0 Å². The molecule has 0 aliphatic rings. The SMILES string of the molecule is C=C(C)C(=O)OCCCCCCCCCCCCCCOc1ccc(C(=O)Oc2cc(F)c(OC(=O)c3ccc(OCCCCCCCCCCCCCCOC(=O)C(=C)C)cc3)c(F)c2F)cc1. The van der Waals surface area contributed by atoms with Crippen LogP contribution in [0.15, 0.2) is 78.9 Å². The molecule has 380 valence electrons. The summed E-state index contributed by atoms with van der Waals surface area (Å²) in [4.78, 5) is 48.2. The van der Waals surface area contributed by atoms with Gasteiger partial charge < -0.3 is 28.4 Å². The average molecular weight is 965 g/mol. The minimum absolute atomic E-state index is 0.00627. The molecular formula is C56H75F3O10. The van der Waals surface area contributed by atoms with Crippen LogP contribution >= 0.6 is 0 Å². The largest absolute Gasteiger partial charge is 0.494 e. The lowest BCUT2D eigenvalue weighted by atomic mass is 10.1. The molecule has 69 heavy (non-hydrogen) atoms. The van der Waals surface area contributed by atoms with Gasteiger partial charge in [0.2, 0.25) is 17.4 Å². The number of hydrogen-bond acceptors (Lipinski definition) is 10. The standard InChI is InChI=1S/C56H75F3O10/c1-42(2)53(60)66-39-27-23-19-15-11-7-5-9-13-17-21-25-37-64-46-33-29-44(30-34-46)55(62)68-49-41-48(57)52(51(59)50(49)58)69-56(63)45-31-35-47(36-32-45)65-38-26-22-18-14-10-6-8-12-16-20-24-28-40-67-54(61)43(3)4/h29-36,41H,1,3,5-28,37-40H2,2,4H3. The van der Waals surface area contributed by atoms with Crippen molar-refractivity contribution >= 4 is 23.9 Å². The van der Waals surface area contributed by atoms with Gasteiger partial charge in [0, 0.05) is 17.2 Å². The van der Waals surface area contributed by atoms with Crippen LogP contribution in [0.3, 0.4) is 0 Å². The third-order valence-corrected chi connectivity index (χ3v) is 11.4. The van der Waals surface area contributed by atoms with E-state index in [1.807, 2.05) is 0 Å². The fraction of sp³-hybridized carbons (Fsp3) is 0.536. The molecule has 13 heteroatoms. The highest BCUT2D eigenvalue weighted by atomic mass is 19.2. The van der Waals surface area contributed by atoms with E-state index in [2.05, 4.69) is 13.2 Å². The summed E-state index contributed by atoms with van der Waals surface area (Å²) in [5.41, 5.74) is 0.834. The number of rotatable bonds is 38. The van der Waals surface area contributed by atoms with Crippen LogP contribution in [-0.2, 0) is 19.1 Å². The highest BCUT2D eigenvalue weighted by molar-refractivity contribution is 5.92. The predicted molar refractivity (Wildman–Crippen MR) is 262 cm³/mol. The smallest absolute Gasteiger partial charge is 0.343 e. The van der Waals surface area contributed by atoms with E-state index < -0.39 is 40.9 Å². The maximum absolute atomic E-state index is 15.0. The molecule has 0 amide bonds. The average Bonchev–Trinajstić information content (AvgIpc) is 3.34. The molecule has 0 N–H and O–H groups in total. The molecule has 0 spiro atoms. The zero-order valence-corrected chi connectivity index (χ0v) is 41.1. The Labute approximate surface area is 408 Å². The monoisotopic (exact) mass is 965 g/mol. The van der Waals surface area contributed by atoms with Crippen molar-refractivity contribution in [3.05, 3.63) is 107 Å². The molecule has 0 heterocycles. The van der Waals surface area contributed by atoms with Gasteiger partial charge in [-0.15, -0.1) is 0 Å². The Kier molecular flexibility index (Phi) is 29.0. The highest BCUT2D eigenvalue weighted by Gasteiger charge is 2.26. The van der Waals surface area contributed by atoms with Gasteiger partial charge in [0.1, 0.15) is 11.5 Å². The molecule has 3 aromatic carbocycles. The summed E-state index contributed by atoms with van der Waals surface area (Å²) in [6.07, 6.45) is 26.7. The molecule has 3 aromatic rings. The van der Waals surface area contributed by atoms with Gasteiger partial charge in [0.25, 0.3) is 0 Å². The maximum atomic E-state index is 15.0. The quantitative estimate of drug-likeness (QED) is 0.0180. The van der Waals surface area contributed by atoms with Gasteiger partial charge in [0.05, 0.1) is 37.6 Å². The fourth-order valence-electron chi connectivity index (χ4n) is 7.31.